The number of hydrogen-bond donors (Lipinski definition) is 3. The zero-order valence-electron chi connectivity index (χ0n) is 15.7. The van der Waals surface area contributed by atoms with Crippen LogP contribution in [0.15, 0.2) is 29.2 Å². The summed E-state index contributed by atoms with van der Waals surface area (Å²) in [7, 11) is -1.96. The molecule has 0 aromatic heterocycles. The minimum Gasteiger partial charge on any atom is -0.384 e. The van der Waals surface area contributed by atoms with Crippen LogP contribution < -0.4 is 15.4 Å². The van der Waals surface area contributed by atoms with E-state index in [1.807, 2.05) is 0 Å². The van der Waals surface area contributed by atoms with Crippen molar-refractivity contribution in [3.63, 3.8) is 0 Å². The molecule has 1 amide bonds. The zero-order valence-corrected chi connectivity index (χ0v) is 16.5. The molecule has 146 valence electrons. The summed E-state index contributed by atoms with van der Waals surface area (Å²) in [4.78, 5) is 12.6. The second-order valence-corrected chi connectivity index (χ2v) is 8.88. The van der Waals surface area contributed by atoms with Gasteiger partial charge in [-0.2, -0.15) is 0 Å². The van der Waals surface area contributed by atoms with E-state index < -0.39 is 10.0 Å². The number of benzene rings is 1. The lowest BCUT2D eigenvalue weighted by atomic mass is 9.79. The summed E-state index contributed by atoms with van der Waals surface area (Å²) < 4.78 is 32.5. The van der Waals surface area contributed by atoms with Crippen LogP contribution in [0.1, 0.15) is 37.0 Å². The van der Waals surface area contributed by atoms with Crippen LogP contribution in [0.4, 0.5) is 0 Å². The fourth-order valence-electron chi connectivity index (χ4n) is 3.19. The lowest BCUT2D eigenvalue weighted by molar-refractivity contribution is 0.0511. The Balaban J connectivity index is 2.09. The Bertz CT molecular complexity index is 707. The van der Waals surface area contributed by atoms with Crippen LogP contribution in [0.2, 0.25) is 0 Å². The molecule has 2 rings (SSSR count). The standard InChI is InChI=1S/C18H29N3O4S/c1-14(2)21-26(23,24)16-6-4-5-15(11-16)17(22)20-12-18(13-25-3)7-9-19-10-8-18/h4-6,11,14,19,21H,7-10,12-13H2,1-3H3,(H,20,22). The van der Waals surface area contributed by atoms with E-state index in [4.69, 9.17) is 4.74 Å². The third-order valence-corrected chi connectivity index (χ3v) is 6.19. The molecule has 7 nitrogen and oxygen atoms in total. The molecule has 0 radical (unpaired) electrons. The Hall–Kier alpha value is -1.48. The first-order valence-corrected chi connectivity index (χ1v) is 10.4. The number of nitrogens with one attached hydrogen (secondary N) is 3. The number of methoxy groups -OCH3 is 1. The molecular formula is C18H29N3O4S. The number of sulfonamides is 1. The van der Waals surface area contributed by atoms with Gasteiger partial charge in [-0.15, -0.1) is 0 Å². The van der Waals surface area contributed by atoms with Crippen molar-refractivity contribution >= 4 is 15.9 Å². The summed E-state index contributed by atoms with van der Waals surface area (Å²) >= 11 is 0. The van der Waals surface area contributed by atoms with E-state index in [1.54, 1.807) is 33.1 Å². The molecular weight excluding hydrogens is 354 g/mol. The predicted molar refractivity (Wildman–Crippen MR) is 101 cm³/mol. The predicted octanol–water partition coefficient (Wildman–Crippen LogP) is 1.12. The van der Waals surface area contributed by atoms with Crippen LogP contribution in [0.3, 0.4) is 0 Å². The average molecular weight is 384 g/mol. The van der Waals surface area contributed by atoms with E-state index >= 15 is 0 Å². The first-order chi connectivity index (χ1) is 12.3. The Morgan fingerprint density at radius 2 is 2.00 bits per heavy atom. The molecule has 1 aromatic carbocycles. The first-order valence-electron chi connectivity index (χ1n) is 8.88. The quantitative estimate of drug-likeness (QED) is 0.625. The van der Waals surface area contributed by atoms with Crippen molar-refractivity contribution in [3.8, 4) is 0 Å². The topological polar surface area (TPSA) is 96.5 Å². The van der Waals surface area contributed by atoms with E-state index in [9.17, 15) is 13.2 Å². The molecule has 1 aromatic rings. The molecule has 1 heterocycles. The maximum atomic E-state index is 12.6. The van der Waals surface area contributed by atoms with Gasteiger partial charge in [-0.25, -0.2) is 13.1 Å². The van der Waals surface area contributed by atoms with Crippen LogP contribution in [-0.4, -0.2) is 53.7 Å². The third kappa shape index (κ3) is 5.51. The first kappa shape index (κ1) is 20.8. The molecule has 8 heteroatoms. The third-order valence-electron chi connectivity index (χ3n) is 4.54. The number of carbonyl (C=O) groups excluding carboxylic acids is 1. The Labute approximate surface area is 155 Å². The smallest absolute Gasteiger partial charge is 0.251 e. The van der Waals surface area contributed by atoms with Gasteiger partial charge in [0.1, 0.15) is 0 Å². The molecule has 0 unspecified atom stereocenters. The van der Waals surface area contributed by atoms with Crippen molar-refractivity contribution in [2.45, 2.75) is 37.6 Å². The lowest BCUT2D eigenvalue weighted by Gasteiger charge is -2.37. The fourth-order valence-corrected chi connectivity index (χ4v) is 4.48. The van der Waals surface area contributed by atoms with E-state index in [-0.39, 0.29) is 22.3 Å². The maximum absolute atomic E-state index is 12.6. The van der Waals surface area contributed by atoms with Gasteiger partial charge in [0.15, 0.2) is 0 Å². The van der Waals surface area contributed by atoms with Crippen LogP contribution >= 0.6 is 0 Å². The van der Waals surface area contributed by atoms with Crippen LogP contribution in [-0.2, 0) is 14.8 Å². The van der Waals surface area contributed by atoms with Crippen LogP contribution in [0.5, 0.6) is 0 Å². The molecule has 26 heavy (non-hydrogen) atoms. The van der Waals surface area contributed by atoms with Gasteiger partial charge in [0.25, 0.3) is 5.91 Å². The Morgan fingerprint density at radius 3 is 2.62 bits per heavy atom. The molecule has 1 aliphatic heterocycles. The SMILES string of the molecule is COCC1(CNC(=O)c2cccc(S(=O)(=O)NC(C)C)c2)CCNCC1. The summed E-state index contributed by atoms with van der Waals surface area (Å²) in [5.41, 5.74) is 0.247. The summed E-state index contributed by atoms with van der Waals surface area (Å²) in [6.07, 6.45) is 1.85. The van der Waals surface area contributed by atoms with Gasteiger partial charge < -0.3 is 15.4 Å². The van der Waals surface area contributed by atoms with Crippen molar-refractivity contribution in [1.82, 2.24) is 15.4 Å². The minimum atomic E-state index is -3.63. The van der Waals surface area contributed by atoms with E-state index in [0.29, 0.717) is 18.7 Å². The average Bonchev–Trinajstić information content (AvgIpc) is 2.60. The Morgan fingerprint density at radius 1 is 1.31 bits per heavy atom. The van der Waals surface area contributed by atoms with Crippen molar-refractivity contribution in [2.75, 3.05) is 33.4 Å². The van der Waals surface area contributed by atoms with Crippen molar-refractivity contribution < 1.29 is 17.9 Å². The second kappa shape index (κ2) is 8.94. The number of carbonyl (C=O) groups is 1. The van der Waals surface area contributed by atoms with Gasteiger partial charge in [0, 0.05) is 30.7 Å². The van der Waals surface area contributed by atoms with Crippen molar-refractivity contribution in [2.24, 2.45) is 5.41 Å². The number of piperidine rings is 1. The number of rotatable bonds is 8. The van der Waals surface area contributed by atoms with Crippen molar-refractivity contribution in [1.29, 1.82) is 0 Å². The maximum Gasteiger partial charge on any atom is 0.251 e. The largest absolute Gasteiger partial charge is 0.384 e. The summed E-state index contributed by atoms with van der Waals surface area (Å²) in [6.45, 7) is 6.39. The monoisotopic (exact) mass is 383 g/mol. The molecule has 1 aliphatic rings. The highest BCUT2D eigenvalue weighted by Crippen LogP contribution is 2.28. The van der Waals surface area contributed by atoms with E-state index in [2.05, 4.69) is 15.4 Å². The normalized spacial score (nSPS) is 17.2. The molecule has 1 saturated heterocycles. The highest BCUT2D eigenvalue weighted by Gasteiger charge is 2.32. The second-order valence-electron chi connectivity index (χ2n) is 7.17. The molecule has 0 saturated carbocycles. The lowest BCUT2D eigenvalue weighted by Crippen LogP contribution is -2.47. The van der Waals surface area contributed by atoms with Gasteiger partial charge in [-0.05, 0) is 58.0 Å². The van der Waals surface area contributed by atoms with Gasteiger partial charge in [-0.3, -0.25) is 4.79 Å². The van der Waals surface area contributed by atoms with Crippen LogP contribution in [0.25, 0.3) is 0 Å². The summed E-state index contributed by atoms with van der Waals surface area (Å²) in [5.74, 6) is -0.277. The number of amides is 1. The van der Waals surface area contributed by atoms with Gasteiger partial charge >= 0.3 is 0 Å². The molecule has 1 fully saturated rings. The minimum absolute atomic E-state index is 0.0848. The highest BCUT2D eigenvalue weighted by molar-refractivity contribution is 7.89. The fraction of sp³-hybridized carbons (Fsp3) is 0.611. The molecule has 0 atom stereocenters. The van der Waals surface area contributed by atoms with Gasteiger partial charge in [0.2, 0.25) is 10.0 Å². The molecule has 0 bridgehead atoms. The summed E-state index contributed by atoms with van der Waals surface area (Å²) in [6, 6.07) is 5.88. The summed E-state index contributed by atoms with van der Waals surface area (Å²) in [5, 5.41) is 6.27. The molecule has 0 spiro atoms. The highest BCUT2D eigenvalue weighted by atomic mass is 32.2. The van der Waals surface area contributed by atoms with E-state index in [0.717, 1.165) is 25.9 Å². The number of hydrogen-bond acceptors (Lipinski definition) is 5. The molecule has 3 N–H and O–H groups in total. The Kier molecular flexibility index (Phi) is 7.16. The van der Waals surface area contributed by atoms with Gasteiger partial charge in [0.05, 0.1) is 11.5 Å². The molecule has 0 aliphatic carbocycles. The van der Waals surface area contributed by atoms with E-state index in [1.165, 1.54) is 12.1 Å². The van der Waals surface area contributed by atoms with Crippen LogP contribution in [0, 0.1) is 5.41 Å². The zero-order chi connectivity index (χ0) is 19.2. The van der Waals surface area contributed by atoms with Crippen molar-refractivity contribution in [3.05, 3.63) is 29.8 Å². The van der Waals surface area contributed by atoms with Gasteiger partial charge in [-0.1, -0.05) is 6.07 Å². The number of ether oxygens (including phenoxy) is 1.